The number of oxime groups is 1. The van der Waals surface area contributed by atoms with E-state index in [0.29, 0.717) is 30.0 Å². The number of aliphatic carboxylic acids is 1. The first-order valence-electron chi connectivity index (χ1n) is 17.6. The molecule has 3 aromatic carbocycles. The van der Waals surface area contributed by atoms with Crippen LogP contribution in [0.15, 0.2) is 124 Å². The van der Waals surface area contributed by atoms with Gasteiger partial charge < -0.3 is 25.9 Å². The van der Waals surface area contributed by atoms with Gasteiger partial charge in [0.2, 0.25) is 11.5 Å². The lowest BCUT2D eigenvalue weighted by Gasteiger charge is -2.49. The van der Waals surface area contributed by atoms with Crippen molar-refractivity contribution in [3.8, 4) is 0 Å². The van der Waals surface area contributed by atoms with Gasteiger partial charge in [0.15, 0.2) is 10.8 Å². The number of carbonyl (C=O) groups is 4. The van der Waals surface area contributed by atoms with Crippen LogP contribution < -0.4 is 11.1 Å². The number of aromatic nitrogens is 1. The van der Waals surface area contributed by atoms with E-state index in [1.807, 2.05) is 95.9 Å². The van der Waals surface area contributed by atoms with Crippen LogP contribution in [0.2, 0.25) is 0 Å². The van der Waals surface area contributed by atoms with E-state index in [0.717, 1.165) is 47.4 Å². The lowest BCUT2D eigenvalue weighted by atomic mass is 9.80. The quantitative estimate of drug-likeness (QED) is 0.0608. The van der Waals surface area contributed by atoms with Crippen LogP contribution in [0, 0.1) is 5.92 Å². The third kappa shape index (κ3) is 6.56. The van der Waals surface area contributed by atoms with E-state index in [1.54, 1.807) is 11.5 Å². The lowest BCUT2D eigenvalue weighted by Crippen LogP contribution is -2.71. The van der Waals surface area contributed by atoms with Crippen LogP contribution in [0.4, 0.5) is 5.13 Å². The first-order valence-corrected chi connectivity index (χ1v) is 19.5. The van der Waals surface area contributed by atoms with Crippen LogP contribution >= 0.6 is 23.1 Å². The Kier molecular flexibility index (Phi) is 9.54. The highest BCUT2D eigenvalue weighted by molar-refractivity contribution is 8.00. The third-order valence-electron chi connectivity index (χ3n) is 10.0. The number of carboxylic acids is 1. The molecule has 1 saturated carbocycles. The molecule has 1 aromatic heterocycles. The van der Waals surface area contributed by atoms with E-state index < -0.39 is 34.8 Å². The summed E-state index contributed by atoms with van der Waals surface area (Å²) in [4.78, 5) is 67.5. The molecule has 54 heavy (non-hydrogen) atoms. The van der Waals surface area contributed by atoms with Gasteiger partial charge in [0.1, 0.15) is 22.8 Å². The Morgan fingerprint density at radius 1 is 0.981 bits per heavy atom. The summed E-state index contributed by atoms with van der Waals surface area (Å²) in [6.07, 6.45) is 4.40. The summed E-state index contributed by atoms with van der Waals surface area (Å²) in [5.41, 5.74) is 7.64. The zero-order valence-corrected chi connectivity index (χ0v) is 30.6. The molecule has 2 saturated heterocycles. The van der Waals surface area contributed by atoms with E-state index >= 15 is 0 Å². The summed E-state index contributed by atoms with van der Waals surface area (Å²) >= 11 is 2.44. The number of hydrogen-bond donors (Lipinski definition) is 3. The van der Waals surface area contributed by atoms with Gasteiger partial charge >= 0.3 is 5.97 Å². The summed E-state index contributed by atoms with van der Waals surface area (Å²) in [6.45, 7) is 1.32. The van der Waals surface area contributed by atoms with Gasteiger partial charge in [0, 0.05) is 46.5 Å². The van der Waals surface area contributed by atoms with Crippen molar-refractivity contribution >= 4 is 57.6 Å². The Labute approximate surface area is 319 Å². The van der Waals surface area contributed by atoms with Crippen molar-refractivity contribution in [1.82, 2.24) is 20.1 Å². The molecule has 4 heterocycles. The average molecular weight is 761 g/mol. The molecular weight excluding hydrogens is 725 g/mol. The van der Waals surface area contributed by atoms with Crippen LogP contribution in [-0.2, 0) is 29.6 Å². The number of thiazole rings is 1. The number of likely N-dealkylation sites (tertiary alicyclic amines) is 1. The highest BCUT2D eigenvalue weighted by Gasteiger charge is 2.54. The molecule has 4 aromatic rings. The van der Waals surface area contributed by atoms with Crippen molar-refractivity contribution < 1.29 is 29.1 Å². The molecule has 0 radical (unpaired) electrons. The normalized spacial score (nSPS) is 20.9. The Morgan fingerprint density at radius 2 is 1.59 bits per heavy atom. The second-order valence-electron chi connectivity index (χ2n) is 13.5. The number of benzene rings is 3. The molecule has 4 N–H and O–H groups in total. The number of nitrogens with zero attached hydrogens (tertiary/aromatic N) is 4. The zero-order valence-electron chi connectivity index (χ0n) is 29.0. The van der Waals surface area contributed by atoms with E-state index in [1.165, 1.54) is 16.7 Å². The molecule has 8 rings (SSSR count). The molecular formula is C40H36N6O6S2. The molecule has 0 bridgehead atoms. The first-order chi connectivity index (χ1) is 26.2. The van der Waals surface area contributed by atoms with Crippen LogP contribution in [-0.4, -0.2) is 79.6 Å². The minimum absolute atomic E-state index is 0.0844. The van der Waals surface area contributed by atoms with Gasteiger partial charge in [-0.2, -0.15) is 0 Å². The fourth-order valence-corrected chi connectivity index (χ4v) is 9.01. The molecule has 3 aliphatic heterocycles. The second-order valence-corrected chi connectivity index (χ2v) is 15.5. The van der Waals surface area contributed by atoms with E-state index in [2.05, 4.69) is 15.5 Å². The number of β-lactam (4-membered cyclic amide) rings is 1. The molecule has 4 aliphatic rings. The molecule has 0 unspecified atom stereocenters. The Bertz CT molecular complexity index is 2110. The van der Waals surface area contributed by atoms with Gasteiger partial charge in [-0.15, -0.1) is 23.1 Å². The smallest absolute Gasteiger partial charge is 0.352 e. The standard InChI is InChI=1S/C40H36N6O6S2/c41-39-42-30(23-54-39)31(44-52-40(27-10-4-1-5-11-27,28-12-6-2-7-13-28)29-14-8-3-9-15-29)34(47)43-32-36(49)46-33(38(50)51)26(22-53-37(32)46)20-25-18-19-45(35(25)48)21-24-16-17-24/h1-15,20,23-24,32,37H,16-19,21-22H2,(H2,41,42)(H,43,47)(H,50,51)/t32-,37-/m1/s1. The minimum atomic E-state index is -1.30. The topological polar surface area (TPSA) is 168 Å². The van der Waals surface area contributed by atoms with Crippen molar-refractivity contribution in [1.29, 1.82) is 0 Å². The maximum atomic E-state index is 14.2. The number of nitrogens with one attached hydrogen (secondary N) is 1. The van der Waals surface area contributed by atoms with Crippen molar-refractivity contribution in [2.24, 2.45) is 11.1 Å². The number of carboxylic acid groups (broad SMARTS) is 1. The summed E-state index contributed by atoms with van der Waals surface area (Å²) in [5.74, 6) is -1.92. The molecule has 3 amide bonds. The van der Waals surface area contributed by atoms with Gasteiger partial charge in [-0.1, -0.05) is 96.2 Å². The number of amides is 3. The highest BCUT2D eigenvalue weighted by Crippen LogP contribution is 2.43. The number of nitrogens with two attached hydrogens (primary N) is 1. The van der Waals surface area contributed by atoms with E-state index in [-0.39, 0.29) is 33.9 Å². The second kappa shape index (κ2) is 14.6. The molecule has 3 fully saturated rings. The Balaban J connectivity index is 1.10. The summed E-state index contributed by atoms with van der Waals surface area (Å²) in [6, 6.07) is 27.5. The summed E-state index contributed by atoms with van der Waals surface area (Å²) < 4.78 is 0. The molecule has 12 nitrogen and oxygen atoms in total. The lowest BCUT2D eigenvalue weighted by molar-refractivity contribution is -0.150. The van der Waals surface area contributed by atoms with Gasteiger partial charge in [-0.3, -0.25) is 19.3 Å². The first kappa shape index (κ1) is 35.3. The number of nitrogen functional groups attached to an aromatic ring is 1. The molecule has 274 valence electrons. The Hall–Kier alpha value is -5.73. The predicted octanol–water partition coefficient (Wildman–Crippen LogP) is 4.75. The van der Waals surface area contributed by atoms with E-state index in [4.69, 9.17) is 10.6 Å². The maximum Gasteiger partial charge on any atom is 0.352 e. The SMILES string of the molecule is Nc1nc(C(=NOC(c2ccccc2)(c2ccccc2)c2ccccc2)C(=O)N[C@@H]2C(=O)N3C(C(=O)O)=C(C=C4CCN(CC5CC5)C4=O)CS[C@H]23)cs1. The number of anilines is 1. The monoisotopic (exact) mass is 760 g/mol. The fourth-order valence-electron chi connectivity index (χ4n) is 7.15. The predicted molar refractivity (Wildman–Crippen MR) is 205 cm³/mol. The number of fused-ring (bicyclic) bond motifs is 1. The number of rotatable bonds is 12. The van der Waals surface area contributed by atoms with E-state index in [9.17, 15) is 24.3 Å². The third-order valence-corrected chi connectivity index (χ3v) is 12.0. The number of thioether (sulfide) groups is 1. The van der Waals surface area contributed by atoms with Crippen LogP contribution in [0.25, 0.3) is 0 Å². The number of hydrogen-bond acceptors (Lipinski definition) is 10. The number of allylic oxidation sites excluding steroid dienone is 1. The zero-order chi connectivity index (χ0) is 37.4. The minimum Gasteiger partial charge on any atom is -0.477 e. The van der Waals surface area contributed by atoms with Crippen molar-refractivity contribution in [3.05, 3.63) is 142 Å². The molecule has 1 aliphatic carbocycles. The number of carbonyl (C=O) groups excluding carboxylic acids is 3. The summed E-state index contributed by atoms with van der Waals surface area (Å²) in [5, 5.41) is 18.7. The van der Waals surface area contributed by atoms with Gasteiger partial charge in [-0.25, -0.2) is 9.78 Å². The fraction of sp³-hybridized carbons (Fsp3) is 0.250. The molecule has 0 spiro atoms. The van der Waals surface area contributed by atoms with Gasteiger partial charge in [0.05, 0.1) is 0 Å². The average Bonchev–Trinajstić information content (AvgIpc) is 3.82. The largest absolute Gasteiger partial charge is 0.477 e. The van der Waals surface area contributed by atoms with Crippen molar-refractivity contribution in [3.63, 3.8) is 0 Å². The molecule has 2 atom stereocenters. The van der Waals surface area contributed by atoms with Crippen LogP contribution in [0.3, 0.4) is 0 Å². The van der Waals surface area contributed by atoms with Crippen molar-refractivity contribution in [2.45, 2.75) is 36.3 Å². The van der Waals surface area contributed by atoms with Crippen LogP contribution in [0.1, 0.15) is 41.6 Å². The van der Waals surface area contributed by atoms with Gasteiger partial charge in [-0.05, 0) is 36.8 Å². The maximum absolute atomic E-state index is 14.2. The van der Waals surface area contributed by atoms with Crippen LogP contribution in [0.5, 0.6) is 0 Å². The Morgan fingerprint density at radius 3 is 2.13 bits per heavy atom. The molecule has 14 heteroatoms. The van der Waals surface area contributed by atoms with Crippen molar-refractivity contribution in [2.75, 3.05) is 24.6 Å². The van der Waals surface area contributed by atoms with Gasteiger partial charge in [0.25, 0.3) is 11.8 Å². The highest BCUT2D eigenvalue weighted by atomic mass is 32.2. The summed E-state index contributed by atoms with van der Waals surface area (Å²) in [7, 11) is 0.